The van der Waals surface area contributed by atoms with Crippen molar-refractivity contribution in [2.45, 2.75) is 38.3 Å². The number of thioether (sulfide) groups is 1. The Kier molecular flexibility index (Phi) is 6.24. The summed E-state index contributed by atoms with van der Waals surface area (Å²) in [5.41, 5.74) is 7.90. The largest absolute Gasteiger partial charge is 0.370 e. The summed E-state index contributed by atoms with van der Waals surface area (Å²) in [4.78, 5) is 33.0. The van der Waals surface area contributed by atoms with Crippen molar-refractivity contribution >= 4 is 50.8 Å². The molecule has 8 heteroatoms. The molecule has 2 heterocycles. The van der Waals surface area contributed by atoms with Gasteiger partial charge in [-0.2, -0.15) is 0 Å². The maximum absolute atomic E-state index is 12.8. The van der Waals surface area contributed by atoms with E-state index in [1.165, 1.54) is 11.8 Å². The molecule has 3 N–H and O–H groups in total. The van der Waals surface area contributed by atoms with Crippen molar-refractivity contribution in [3.63, 3.8) is 0 Å². The maximum Gasteiger partial charge on any atom is 0.260 e. The van der Waals surface area contributed by atoms with Crippen LogP contribution in [0.3, 0.4) is 0 Å². The molecule has 0 aliphatic rings. The van der Waals surface area contributed by atoms with Crippen LogP contribution in [0.25, 0.3) is 21.3 Å². The van der Waals surface area contributed by atoms with Gasteiger partial charge in [-0.3, -0.25) is 9.59 Å². The van der Waals surface area contributed by atoms with Crippen LogP contribution in [0.4, 0.5) is 0 Å². The molecule has 2 aromatic heterocycles. The van der Waals surface area contributed by atoms with Gasteiger partial charge >= 0.3 is 0 Å². The molecule has 3 rings (SSSR count). The molecular weight excluding hydrogens is 402 g/mol. The van der Waals surface area contributed by atoms with E-state index in [1.54, 1.807) is 11.3 Å². The fourth-order valence-corrected chi connectivity index (χ4v) is 4.98. The van der Waals surface area contributed by atoms with E-state index in [-0.39, 0.29) is 11.5 Å². The molecule has 0 fully saturated rings. The number of halogens is 1. The van der Waals surface area contributed by atoms with Crippen LogP contribution >= 0.6 is 34.7 Å². The predicted molar refractivity (Wildman–Crippen MR) is 114 cm³/mol. The average Bonchev–Trinajstić information content (AvgIpc) is 3.00. The fourth-order valence-electron chi connectivity index (χ4n) is 2.87. The number of thiophene rings is 1. The van der Waals surface area contributed by atoms with E-state index in [2.05, 4.69) is 16.9 Å². The van der Waals surface area contributed by atoms with E-state index in [4.69, 9.17) is 17.3 Å². The molecule has 1 aromatic carbocycles. The van der Waals surface area contributed by atoms with Gasteiger partial charge in [0.15, 0.2) is 5.16 Å². The van der Waals surface area contributed by atoms with Crippen molar-refractivity contribution in [2.24, 2.45) is 5.73 Å². The van der Waals surface area contributed by atoms with E-state index >= 15 is 0 Å². The van der Waals surface area contributed by atoms with Crippen LogP contribution < -0.4 is 11.3 Å². The lowest BCUT2D eigenvalue weighted by Crippen LogP contribution is -2.11. The first-order chi connectivity index (χ1) is 12.9. The topological polar surface area (TPSA) is 88.8 Å². The summed E-state index contributed by atoms with van der Waals surface area (Å²) in [6.45, 7) is 4.03. The molecule has 0 saturated carbocycles. The summed E-state index contributed by atoms with van der Waals surface area (Å²) in [5.74, 6) is 0.355. The highest BCUT2D eigenvalue weighted by Crippen LogP contribution is 2.38. The number of aromatic amines is 1. The zero-order valence-electron chi connectivity index (χ0n) is 15.1. The zero-order chi connectivity index (χ0) is 19.6. The lowest BCUT2D eigenvalue weighted by molar-refractivity contribution is -0.118. The Morgan fingerprint density at radius 2 is 2.19 bits per heavy atom. The molecule has 0 unspecified atom stereocenters. The molecule has 0 aliphatic heterocycles. The molecule has 0 radical (unpaired) electrons. The number of carbonyl (C=O) groups is 1. The average molecular weight is 422 g/mol. The van der Waals surface area contributed by atoms with Gasteiger partial charge in [-0.1, -0.05) is 36.4 Å². The molecule has 0 spiro atoms. The van der Waals surface area contributed by atoms with E-state index < -0.39 is 0 Å². The number of H-pyrrole nitrogens is 1. The minimum Gasteiger partial charge on any atom is -0.370 e. The summed E-state index contributed by atoms with van der Waals surface area (Å²) >= 11 is 9.14. The number of nitrogens with two attached hydrogens (primary N) is 1. The first kappa shape index (κ1) is 19.9. The third kappa shape index (κ3) is 4.36. The van der Waals surface area contributed by atoms with Gasteiger partial charge in [0.1, 0.15) is 4.83 Å². The molecule has 0 bridgehead atoms. The Morgan fingerprint density at radius 3 is 2.85 bits per heavy atom. The van der Waals surface area contributed by atoms with Gasteiger partial charge in [0, 0.05) is 27.6 Å². The number of aromatic nitrogens is 2. The summed E-state index contributed by atoms with van der Waals surface area (Å²) < 4.78 is 0. The van der Waals surface area contributed by atoms with Crippen molar-refractivity contribution in [2.75, 3.05) is 5.75 Å². The number of fused-ring (bicyclic) bond motifs is 1. The smallest absolute Gasteiger partial charge is 0.260 e. The van der Waals surface area contributed by atoms with Gasteiger partial charge < -0.3 is 10.7 Å². The molecule has 5 nitrogen and oxygen atoms in total. The molecular formula is C19H20ClN3O2S2. The second-order valence-electron chi connectivity index (χ2n) is 6.19. The Hall–Kier alpha value is -1.83. The van der Waals surface area contributed by atoms with Gasteiger partial charge in [-0.25, -0.2) is 4.98 Å². The maximum atomic E-state index is 12.8. The first-order valence-electron chi connectivity index (χ1n) is 8.64. The number of carbonyl (C=O) groups excluding carboxylic acids is 1. The van der Waals surface area contributed by atoms with E-state index in [0.29, 0.717) is 34.2 Å². The van der Waals surface area contributed by atoms with Crippen molar-refractivity contribution in [3.8, 4) is 11.1 Å². The molecule has 142 valence electrons. The lowest BCUT2D eigenvalue weighted by atomic mass is 10.0. The number of amides is 1. The number of hydrogen-bond donors (Lipinski definition) is 2. The number of rotatable bonds is 7. The number of nitrogens with one attached hydrogen (secondary N) is 1. The Morgan fingerprint density at radius 1 is 1.41 bits per heavy atom. The number of nitrogens with zero attached hydrogens (tertiary/aromatic N) is 1. The monoisotopic (exact) mass is 421 g/mol. The number of primary amides is 1. The predicted octanol–water partition coefficient (Wildman–Crippen LogP) is 4.53. The van der Waals surface area contributed by atoms with Crippen LogP contribution in [0.1, 0.15) is 30.2 Å². The summed E-state index contributed by atoms with van der Waals surface area (Å²) in [7, 11) is 0. The lowest BCUT2D eigenvalue weighted by Gasteiger charge is -2.06. The zero-order valence-corrected chi connectivity index (χ0v) is 17.5. The van der Waals surface area contributed by atoms with Crippen LogP contribution in [0.15, 0.2) is 28.2 Å². The van der Waals surface area contributed by atoms with E-state index in [1.807, 2.05) is 25.1 Å². The molecule has 0 saturated heterocycles. The van der Waals surface area contributed by atoms with Crippen molar-refractivity contribution in [1.82, 2.24) is 9.97 Å². The highest BCUT2D eigenvalue weighted by molar-refractivity contribution is 7.99. The van der Waals surface area contributed by atoms with Gasteiger partial charge in [-0.15, -0.1) is 11.3 Å². The third-order valence-electron chi connectivity index (χ3n) is 4.19. The normalized spacial score (nSPS) is 11.2. The summed E-state index contributed by atoms with van der Waals surface area (Å²) in [5, 5.41) is 1.90. The summed E-state index contributed by atoms with van der Waals surface area (Å²) in [6.07, 6.45) is 1.80. The standard InChI is InChI=1S/C19H20ClN3O2S2/c1-3-13-15(11-6-7-12(20)10(2)9-11)16-17(25)22-19(23-18(16)27-13)26-8-4-5-14(21)24/h6-7,9H,3-5,8H2,1-2H3,(H2,21,24)(H,22,23,25). The molecule has 1 amide bonds. The van der Waals surface area contributed by atoms with E-state index in [9.17, 15) is 9.59 Å². The van der Waals surface area contributed by atoms with Gasteiger partial charge in [0.05, 0.1) is 5.39 Å². The van der Waals surface area contributed by atoms with Crippen LogP contribution in [0.2, 0.25) is 5.02 Å². The Balaban J connectivity index is 2.01. The number of aryl methyl sites for hydroxylation is 2. The molecule has 3 aromatic rings. The molecule has 27 heavy (non-hydrogen) atoms. The van der Waals surface area contributed by atoms with Crippen molar-refractivity contribution in [3.05, 3.63) is 44.0 Å². The molecule has 0 aliphatic carbocycles. The Bertz CT molecular complexity index is 1060. The minimum absolute atomic E-state index is 0.143. The minimum atomic E-state index is -0.318. The quantitative estimate of drug-likeness (QED) is 0.333. The summed E-state index contributed by atoms with van der Waals surface area (Å²) in [6, 6.07) is 5.82. The van der Waals surface area contributed by atoms with Crippen LogP contribution in [-0.4, -0.2) is 21.6 Å². The number of benzene rings is 1. The Labute approximate surface area is 170 Å². The van der Waals surface area contributed by atoms with Crippen molar-refractivity contribution in [1.29, 1.82) is 0 Å². The fraction of sp³-hybridized carbons (Fsp3) is 0.316. The first-order valence-corrected chi connectivity index (χ1v) is 10.8. The second-order valence-corrected chi connectivity index (χ2v) is 8.76. The van der Waals surface area contributed by atoms with Crippen LogP contribution in [0, 0.1) is 6.92 Å². The SMILES string of the molecule is CCc1sc2nc(SCCCC(N)=O)[nH]c(=O)c2c1-c1ccc(Cl)c(C)c1. The van der Waals surface area contributed by atoms with Crippen LogP contribution in [-0.2, 0) is 11.2 Å². The highest BCUT2D eigenvalue weighted by Gasteiger charge is 2.18. The molecule has 0 atom stereocenters. The van der Waals surface area contributed by atoms with Gasteiger partial charge in [0.25, 0.3) is 5.56 Å². The second kappa shape index (κ2) is 8.46. The van der Waals surface area contributed by atoms with E-state index in [0.717, 1.165) is 32.8 Å². The highest BCUT2D eigenvalue weighted by atomic mass is 35.5. The number of hydrogen-bond acceptors (Lipinski definition) is 5. The van der Waals surface area contributed by atoms with Gasteiger partial charge in [0.2, 0.25) is 5.91 Å². The van der Waals surface area contributed by atoms with Gasteiger partial charge in [-0.05, 0) is 43.0 Å². The van der Waals surface area contributed by atoms with Crippen LogP contribution in [0.5, 0.6) is 0 Å². The third-order valence-corrected chi connectivity index (χ3v) is 6.80. The van der Waals surface area contributed by atoms with Crippen molar-refractivity contribution < 1.29 is 4.79 Å².